The average molecular weight is 351 g/mol. The predicted molar refractivity (Wildman–Crippen MR) is 86.5 cm³/mol. The lowest BCUT2D eigenvalue weighted by atomic mass is 10.1. The van der Waals surface area contributed by atoms with E-state index in [0.29, 0.717) is 11.1 Å². The molecular weight excluding hydrogens is 338 g/mol. The summed E-state index contributed by atoms with van der Waals surface area (Å²) < 4.78 is 27.1. The number of nitro benzene ring substituents is 2. The van der Waals surface area contributed by atoms with E-state index < -0.39 is 31.2 Å². The molecule has 0 heterocycles. The van der Waals surface area contributed by atoms with Crippen molar-refractivity contribution < 1.29 is 18.3 Å². The molecule has 0 aromatic heterocycles. The Balaban J connectivity index is 2.55. The fourth-order valence-electron chi connectivity index (χ4n) is 2.04. The average Bonchev–Trinajstić information content (AvgIpc) is 2.51. The molecule has 2 aromatic rings. The molecule has 10 heteroatoms. The van der Waals surface area contributed by atoms with Crippen molar-refractivity contribution in [3.05, 3.63) is 67.8 Å². The number of nitro groups is 2. The number of sulfonamides is 1. The lowest BCUT2D eigenvalue weighted by Gasteiger charge is -2.12. The third kappa shape index (κ3) is 3.33. The standard InChI is InChI=1S/C14H13N3O6S/c1-9-6-7-13(17(20)21)14(10(9)2)15-24(22,23)12-5-3-4-11(8-12)16(18)19/h3-8,15H,1-2H3. The van der Waals surface area contributed by atoms with Crippen LogP contribution in [0.5, 0.6) is 0 Å². The number of non-ortho nitro benzene ring substituents is 1. The number of hydrogen-bond donors (Lipinski definition) is 1. The quantitative estimate of drug-likeness (QED) is 0.650. The van der Waals surface area contributed by atoms with Gasteiger partial charge >= 0.3 is 0 Å². The first-order chi connectivity index (χ1) is 11.1. The van der Waals surface area contributed by atoms with Gasteiger partial charge < -0.3 is 0 Å². The summed E-state index contributed by atoms with van der Waals surface area (Å²) in [6.45, 7) is 3.23. The maximum Gasteiger partial charge on any atom is 0.293 e. The first-order valence-electron chi connectivity index (χ1n) is 6.65. The summed E-state index contributed by atoms with van der Waals surface area (Å²) in [7, 11) is -4.22. The zero-order valence-electron chi connectivity index (χ0n) is 12.7. The Morgan fingerprint density at radius 2 is 1.67 bits per heavy atom. The SMILES string of the molecule is Cc1ccc([N+](=O)[O-])c(NS(=O)(=O)c2cccc([N+](=O)[O-])c2)c1C. The third-order valence-electron chi connectivity index (χ3n) is 3.49. The smallest absolute Gasteiger partial charge is 0.273 e. The summed E-state index contributed by atoms with van der Waals surface area (Å²) in [5, 5.41) is 21.9. The number of hydrogen-bond acceptors (Lipinski definition) is 6. The lowest BCUT2D eigenvalue weighted by molar-refractivity contribution is -0.385. The topological polar surface area (TPSA) is 132 Å². The molecule has 0 spiro atoms. The van der Waals surface area contributed by atoms with Crippen molar-refractivity contribution in [1.82, 2.24) is 0 Å². The molecule has 24 heavy (non-hydrogen) atoms. The molecule has 0 fully saturated rings. The van der Waals surface area contributed by atoms with Gasteiger partial charge in [0.25, 0.3) is 21.4 Å². The Morgan fingerprint density at radius 1 is 1.00 bits per heavy atom. The van der Waals surface area contributed by atoms with Crippen LogP contribution in [-0.2, 0) is 10.0 Å². The molecule has 1 N–H and O–H groups in total. The second-order valence-electron chi connectivity index (χ2n) is 5.02. The summed E-state index contributed by atoms with van der Waals surface area (Å²) >= 11 is 0. The normalized spacial score (nSPS) is 11.1. The van der Waals surface area contributed by atoms with Crippen LogP contribution >= 0.6 is 0 Å². The van der Waals surface area contributed by atoms with Crippen LogP contribution < -0.4 is 4.72 Å². The van der Waals surface area contributed by atoms with Gasteiger partial charge in [-0.2, -0.15) is 0 Å². The summed E-state index contributed by atoms with van der Waals surface area (Å²) in [5.74, 6) is 0. The van der Waals surface area contributed by atoms with E-state index in [1.165, 1.54) is 24.3 Å². The van der Waals surface area contributed by atoms with Crippen LogP contribution in [0.4, 0.5) is 17.1 Å². The fourth-order valence-corrected chi connectivity index (χ4v) is 3.22. The van der Waals surface area contributed by atoms with Crippen molar-refractivity contribution in [3.63, 3.8) is 0 Å². The molecule has 0 atom stereocenters. The fraction of sp³-hybridized carbons (Fsp3) is 0.143. The van der Waals surface area contributed by atoms with Gasteiger partial charge in [0.05, 0.1) is 14.7 Å². The molecule has 2 aromatic carbocycles. The second-order valence-corrected chi connectivity index (χ2v) is 6.70. The largest absolute Gasteiger partial charge is 0.293 e. The van der Waals surface area contributed by atoms with Gasteiger partial charge in [0, 0.05) is 18.2 Å². The highest BCUT2D eigenvalue weighted by Gasteiger charge is 2.24. The number of aryl methyl sites for hydroxylation is 1. The highest BCUT2D eigenvalue weighted by Crippen LogP contribution is 2.32. The molecule has 0 radical (unpaired) electrons. The van der Waals surface area contributed by atoms with Gasteiger partial charge in [-0.15, -0.1) is 0 Å². The van der Waals surface area contributed by atoms with Gasteiger partial charge in [0.1, 0.15) is 5.69 Å². The zero-order valence-corrected chi connectivity index (χ0v) is 13.5. The van der Waals surface area contributed by atoms with Crippen LogP contribution in [0.1, 0.15) is 11.1 Å². The van der Waals surface area contributed by atoms with Gasteiger partial charge in [-0.25, -0.2) is 8.42 Å². The minimum absolute atomic E-state index is 0.161. The van der Waals surface area contributed by atoms with Crippen LogP contribution in [0.25, 0.3) is 0 Å². The highest BCUT2D eigenvalue weighted by molar-refractivity contribution is 7.92. The zero-order chi connectivity index (χ0) is 18.1. The Hall–Kier alpha value is -3.01. The molecule has 0 saturated heterocycles. The first kappa shape index (κ1) is 17.3. The number of rotatable bonds is 5. The van der Waals surface area contributed by atoms with E-state index in [9.17, 15) is 28.6 Å². The van der Waals surface area contributed by atoms with E-state index in [1.807, 2.05) is 0 Å². The van der Waals surface area contributed by atoms with E-state index in [2.05, 4.69) is 4.72 Å². The molecule has 0 saturated carbocycles. The van der Waals surface area contributed by atoms with Crippen molar-refractivity contribution in [2.45, 2.75) is 18.7 Å². The third-order valence-corrected chi connectivity index (χ3v) is 4.83. The Kier molecular flexibility index (Phi) is 4.51. The molecule has 9 nitrogen and oxygen atoms in total. The summed E-state index contributed by atoms with van der Waals surface area (Å²) in [4.78, 5) is 20.1. The number of anilines is 1. The Morgan fingerprint density at radius 3 is 2.25 bits per heavy atom. The van der Waals surface area contributed by atoms with Crippen molar-refractivity contribution in [1.29, 1.82) is 0 Å². The van der Waals surface area contributed by atoms with Crippen LogP contribution in [0.15, 0.2) is 41.3 Å². The van der Waals surface area contributed by atoms with Crippen LogP contribution in [-0.4, -0.2) is 18.3 Å². The molecular formula is C14H13N3O6S. The van der Waals surface area contributed by atoms with Crippen LogP contribution in [0.3, 0.4) is 0 Å². The molecule has 0 amide bonds. The van der Waals surface area contributed by atoms with Gasteiger partial charge in [0.2, 0.25) is 0 Å². The first-order valence-corrected chi connectivity index (χ1v) is 8.13. The van der Waals surface area contributed by atoms with Crippen molar-refractivity contribution in [3.8, 4) is 0 Å². The monoisotopic (exact) mass is 351 g/mol. The molecule has 0 aliphatic carbocycles. The Bertz CT molecular complexity index is 940. The maximum atomic E-state index is 12.5. The van der Waals surface area contributed by atoms with E-state index in [4.69, 9.17) is 0 Å². The van der Waals surface area contributed by atoms with Gasteiger partial charge in [-0.1, -0.05) is 12.1 Å². The van der Waals surface area contributed by atoms with E-state index >= 15 is 0 Å². The maximum absolute atomic E-state index is 12.5. The Labute approximate surface area is 137 Å². The van der Waals surface area contributed by atoms with E-state index in [-0.39, 0.29) is 10.6 Å². The summed E-state index contributed by atoms with van der Waals surface area (Å²) in [6.07, 6.45) is 0. The van der Waals surface area contributed by atoms with Gasteiger partial charge in [0.15, 0.2) is 0 Å². The minimum atomic E-state index is -4.22. The molecule has 0 aliphatic heterocycles. The number of benzene rings is 2. The van der Waals surface area contributed by atoms with E-state index in [1.54, 1.807) is 13.8 Å². The summed E-state index contributed by atoms with van der Waals surface area (Å²) in [6, 6.07) is 7.15. The molecule has 2 rings (SSSR count). The van der Waals surface area contributed by atoms with Crippen molar-refractivity contribution in [2.75, 3.05) is 4.72 Å². The summed E-state index contributed by atoms with van der Waals surface area (Å²) in [5.41, 5.74) is 0.113. The van der Waals surface area contributed by atoms with Crippen molar-refractivity contribution >= 4 is 27.1 Å². The van der Waals surface area contributed by atoms with Crippen LogP contribution in [0, 0.1) is 34.1 Å². The molecule has 126 valence electrons. The molecule has 0 aliphatic rings. The second kappa shape index (κ2) is 6.24. The molecule has 0 unspecified atom stereocenters. The molecule has 0 bridgehead atoms. The minimum Gasteiger partial charge on any atom is -0.273 e. The number of nitrogens with one attached hydrogen (secondary N) is 1. The van der Waals surface area contributed by atoms with Crippen LogP contribution in [0.2, 0.25) is 0 Å². The van der Waals surface area contributed by atoms with Gasteiger partial charge in [-0.05, 0) is 31.0 Å². The van der Waals surface area contributed by atoms with Gasteiger partial charge in [-0.3, -0.25) is 25.0 Å². The van der Waals surface area contributed by atoms with Crippen molar-refractivity contribution in [2.24, 2.45) is 0 Å². The number of nitrogens with zero attached hydrogens (tertiary/aromatic N) is 2. The lowest BCUT2D eigenvalue weighted by Crippen LogP contribution is -2.15. The highest BCUT2D eigenvalue weighted by atomic mass is 32.2. The predicted octanol–water partition coefficient (Wildman–Crippen LogP) is 2.92. The van der Waals surface area contributed by atoms with E-state index in [0.717, 1.165) is 12.1 Å².